The van der Waals surface area contributed by atoms with Crippen molar-refractivity contribution in [3.8, 4) is 11.3 Å². The SMILES string of the molecule is O=C([O-])CCN1C(=O)/C(=C\c2ccc(-c3cccc(C(F)(F)F)c3)o2)SC1=S. The molecule has 10 heteroatoms. The number of thiocarbonyl (C=S) groups is 1. The molecule has 2 heterocycles. The number of benzene rings is 1. The van der Waals surface area contributed by atoms with Crippen molar-refractivity contribution in [2.45, 2.75) is 12.6 Å². The predicted molar refractivity (Wildman–Crippen MR) is 98.6 cm³/mol. The molecule has 1 aromatic heterocycles. The molecule has 0 radical (unpaired) electrons. The largest absolute Gasteiger partial charge is 0.550 e. The van der Waals surface area contributed by atoms with E-state index in [9.17, 15) is 27.9 Å². The highest BCUT2D eigenvalue weighted by molar-refractivity contribution is 8.26. The number of carboxylic acid groups (broad SMARTS) is 1. The molecule has 0 aliphatic carbocycles. The lowest BCUT2D eigenvalue weighted by Crippen LogP contribution is -2.33. The van der Waals surface area contributed by atoms with E-state index < -0.39 is 23.6 Å². The standard InChI is InChI=1S/C18H12F3NO4S2/c19-18(20,21)11-3-1-2-10(8-11)13-5-4-12(26-13)9-14-16(25)22(17(27)28-14)7-6-15(23)24/h1-5,8-9H,6-7H2,(H,23,24)/p-1/b14-9+. The number of alkyl halides is 3. The highest BCUT2D eigenvalue weighted by Crippen LogP contribution is 2.35. The second kappa shape index (κ2) is 7.80. The van der Waals surface area contributed by atoms with Gasteiger partial charge in [-0.2, -0.15) is 13.2 Å². The minimum Gasteiger partial charge on any atom is -0.550 e. The van der Waals surface area contributed by atoms with Crippen LogP contribution in [0.1, 0.15) is 17.7 Å². The number of aliphatic carboxylic acids is 1. The number of amides is 1. The first kappa shape index (κ1) is 20.2. The zero-order valence-corrected chi connectivity index (χ0v) is 15.6. The van der Waals surface area contributed by atoms with Crippen LogP contribution in [0.25, 0.3) is 17.4 Å². The maximum Gasteiger partial charge on any atom is 0.416 e. The Labute approximate surface area is 166 Å². The zero-order chi connectivity index (χ0) is 20.5. The van der Waals surface area contributed by atoms with Gasteiger partial charge in [0.05, 0.1) is 10.5 Å². The van der Waals surface area contributed by atoms with Gasteiger partial charge in [-0.1, -0.05) is 36.1 Å². The maximum absolute atomic E-state index is 12.9. The third kappa shape index (κ3) is 4.45. The molecule has 0 unspecified atom stereocenters. The molecule has 1 amide bonds. The Morgan fingerprint density at radius 1 is 1.29 bits per heavy atom. The fourth-order valence-corrected chi connectivity index (χ4v) is 3.75. The monoisotopic (exact) mass is 426 g/mol. The second-order valence-corrected chi connectivity index (χ2v) is 7.41. The Balaban J connectivity index is 1.80. The van der Waals surface area contributed by atoms with E-state index in [-0.39, 0.29) is 39.3 Å². The van der Waals surface area contributed by atoms with Crippen LogP contribution in [-0.4, -0.2) is 27.6 Å². The van der Waals surface area contributed by atoms with Crippen LogP contribution in [0.4, 0.5) is 13.2 Å². The maximum atomic E-state index is 12.9. The number of rotatable bonds is 5. The van der Waals surface area contributed by atoms with E-state index in [2.05, 4.69) is 0 Å². The third-order valence-electron chi connectivity index (χ3n) is 3.79. The van der Waals surface area contributed by atoms with Crippen LogP contribution in [0.15, 0.2) is 45.7 Å². The van der Waals surface area contributed by atoms with E-state index in [0.29, 0.717) is 0 Å². The summed E-state index contributed by atoms with van der Waals surface area (Å²) in [6, 6.07) is 7.72. The molecule has 0 spiro atoms. The fourth-order valence-electron chi connectivity index (χ4n) is 2.46. The minimum atomic E-state index is -4.47. The number of furan rings is 1. The average molecular weight is 426 g/mol. The molecule has 0 saturated carbocycles. The van der Waals surface area contributed by atoms with Gasteiger partial charge in [-0.05, 0) is 24.3 Å². The van der Waals surface area contributed by atoms with Gasteiger partial charge >= 0.3 is 6.18 Å². The second-order valence-electron chi connectivity index (χ2n) is 5.74. The van der Waals surface area contributed by atoms with Crippen molar-refractivity contribution >= 4 is 46.3 Å². The molecule has 1 aromatic carbocycles. The average Bonchev–Trinajstić information content (AvgIpc) is 3.18. The van der Waals surface area contributed by atoms with Crippen molar-refractivity contribution in [2.24, 2.45) is 0 Å². The Bertz CT molecular complexity index is 981. The molecule has 0 atom stereocenters. The van der Waals surface area contributed by atoms with E-state index in [0.717, 1.165) is 28.8 Å². The van der Waals surface area contributed by atoms with Crippen molar-refractivity contribution in [1.29, 1.82) is 0 Å². The molecule has 28 heavy (non-hydrogen) atoms. The van der Waals surface area contributed by atoms with Crippen LogP contribution in [-0.2, 0) is 15.8 Å². The van der Waals surface area contributed by atoms with Gasteiger partial charge in [0.15, 0.2) is 0 Å². The number of thioether (sulfide) groups is 1. The van der Waals surface area contributed by atoms with E-state index in [1.165, 1.54) is 30.3 Å². The normalized spacial score (nSPS) is 16.2. The van der Waals surface area contributed by atoms with E-state index in [1.54, 1.807) is 0 Å². The lowest BCUT2D eigenvalue weighted by atomic mass is 10.1. The van der Waals surface area contributed by atoms with Gasteiger partial charge in [0.25, 0.3) is 5.91 Å². The molecule has 5 nitrogen and oxygen atoms in total. The van der Waals surface area contributed by atoms with Crippen LogP contribution in [0.5, 0.6) is 0 Å². The van der Waals surface area contributed by atoms with Gasteiger partial charge < -0.3 is 14.3 Å². The number of carbonyl (C=O) groups is 2. The molecule has 146 valence electrons. The van der Waals surface area contributed by atoms with Gasteiger partial charge in [-0.15, -0.1) is 0 Å². The van der Waals surface area contributed by atoms with Crippen molar-refractivity contribution in [1.82, 2.24) is 4.90 Å². The number of nitrogens with zero attached hydrogens (tertiary/aromatic N) is 1. The van der Waals surface area contributed by atoms with Crippen molar-refractivity contribution in [3.63, 3.8) is 0 Å². The smallest absolute Gasteiger partial charge is 0.416 e. The van der Waals surface area contributed by atoms with Gasteiger partial charge in [0, 0.05) is 30.6 Å². The summed E-state index contributed by atoms with van der Waals surface area (Å²) in [5.74, 6) is -1.29. The number of carbonyl (C=O) groups excluding carboxylic acids is 2. The van der Waals surface area contributed by atoms with E-state index in [1.807, 2.05) is 0 Å². The summed E-state index contributed by atoms with van der Waals surface area (Å²) in [4.78, 5) is 24.3. The molecular weight excluding hydrogens is 415 g/mol. The molecule has 1 fully saturated rings. The van der Waals surface area contributed by atoms with Gasteiger partial charge in [0.2, 0.25) is 0 Å². The summed E-state index contributed by atoms with van der Waals surface area (Å²) in [6.45, 7) is -0.0992. The van der Waals surface area contributed by atoms with Crippen LogP contribution in [0, 0.1) is 0 Å². The first-order valence-corrected chi connectivity index (χ1v) is 9.10. The quantitative estimate of drug-likeness (QED) is 0.540. The molecule has 3 rings (SSSR count). The van der Waals surface area contributed by atoms with Crippen LogP contribution < -0.4 is 5.11 Å². The summed E-state index contributed by atoms with van der Waals surface area (Å²) < 4.78 is 44.3. The molecule has 1 saturated heterocycles. The van der Waals surface area contributed by atoms with Crippen LogP contribution in [0.3, 0.4) is 0 Å². The van der Waals surface area contributed by atoms with E-state index >= 15 is 0 Å². The van der Waals surface area contributed by atoms with Crippen LogP contribution in [0.2, 0.25) is 0 Å². The molecule has 0 N–H and O–H groups in total. The summed E-state index contributed by atoms with van der Waals surface area (Å²) >= 11 is 6.06. The molecule has 1 aliphatic rings. The summed E-state index contributed by atoms with van der Waals surface area (Å²) in [6.07, 6.45) is -3.40. The molecule has 0 bridgehead atoms. The van der Waals surface area contributed by atoms with Crippen LogP contribution >= 0.6 is 24.0 Å². The molecule has 1 aliphatic heterocycles. The first-order valence-electron chi connectivity index (χ1n) is 7.88. The highest BCUT2D eigenvalue weighted by atomic mass is 32.2. The first-order chi connectivity index (χ1) is 13.1. The Hall–Kier alpha value is -2.59. The fraction of sp³-hybridized carbons (Fsp3) is 0.167. The highest BCUT2D eigenvalue weighted by Gasteiger charge is 2.32. The number of carboxylic acids is 1. The van der Waals surface area contributed by atoms with Crippen molar-refractivity contribution in [3.05, 3.63) is 52.6 Å². The van der Waals surface area contributed by atoms with Crippen molar-refractivity contribution in [2.75, 3.05) is 6.54 Å². The molecular formula is C18H11F3NO4S2-. The number of hydrogen-bond donors (Lipinski definition) is 0. The molecule has 2 aromatic rings. The van der Waals surface area contributed by atoms with Gasteiger partial charge in [-0.3, -0.25) is 9.69 Å². The minimum absolute atomic E-state index is 0.0992. The number of halogens is 3. The summed E-state index contributed by atoms with van der Waals surface area (Å²) in [5, 5.41) is 10.6. The summed E-state index contributed by atoms with van der Waals surface area (Å²) in [5.41, 5.74) is -0.548. The lowest BCUT2D eigenvalue weighted by Gasteiger charge is -2.14. The van der Waals surface area contributed by atoms with E-state index in [4.69, 9.17) is 16.6 Å². The Morgan fingerprint density at radius 2 is 2.04 bits per heavy atom. The summed E-state index contributed by atoms with van der Waals surface area (Å²) in [7, 11) is 0. The van der Waals surface area contributed by atoms with Crippen molar-refractivity contribution < 1.29 is 32.3 Å². The predicted octanol–water partition coefficient (Wildman–Crippen LogP) is 3.31. The van der Waals surface area contributed by atoms with Gasteiger partial charge in [0.1, 0.15) is 15.8 Å². The number of hydrogen-bond acceptors (Lipinski definition) is 6. The van der Waals surface area contributed by atoms with Gasteiger partial charge in [-0.25, -0.2) is 0 Å². The lowest BCUT2D eigenvalue weighted by molar-refractivity contribution is -0.305. The zero-order valence-electron chi connectivity index (χ0n) is 14.0. The topological polar surface area (TPSA) is 73.6 Å². The Morgan fingerprint density at radius 3 is 2.71 bits per heavy atom. The third-order valence-corrected chi connectivity index (χ3v) is 5.17. The Kier molecular flexibility index (Phi) is 5.61.